The normalized spacial score (nSPS) is 23.7. The van der Waals surface area contributed by atoms with Gasteiger partial charge in [0.25, 0.3) is 0 Å². The molecule has 5 nitrogen and oxygen atoms in total. The maximum Gasteiger partial charge on any atom is 0.243 e. The highest BCUT2D eigenvalue weighted by atomic mass is 16.5. The molecule has 0 spiro atoms. The van der Waals surface area contributed by atoms with Gasteiger partial charge in [0.15, 0.2) is 0 Å². The molecule has 1 aliphatic carbocycles. The van der Waals surface area contributed by atoms with E-state index in [1.54, 1.807) is 7.11 Å². The summed E-state index contributed by atoms with van der Waals surface area (Å²) in [5.74, 6) is 1.51. The van der Waals surface area contributed by atoms with Crippen molar-refractivity contribution in [2.24, 2.45) is 17.1 Å². The third-order valence-electron chi connectivity index (χ3n) is 5.19. The molecule has 2 N–H and O–H groups in total. The average molecular weight is 295 g/mol. The number of methoxy groups -OCH3 is 1. The van der Waals surface area contributed by atoms with Crippen molar-refractivity contribution in [2.75, 3.05) is 7.11 Å². The minimum atomic E-state index is -0.410. The van der Waals surface area contributed by atoms with Crippen LogP contribution in [0.25, 0.3) is 0 Å². The number of hydrogen-bond donors (Lipinski definition) is 1. The predicted octanol–water partition coefficient (Wildman–Crippen LogP) is 3.56. The van der Waals surface area contributed by atoms with Gasteiger partial charge in [-0.3, -0.25) is 0 Å². The average Bonchev–Trinajstić information content (AvgIpc) is 2.96. The number of hydrogen-bond acceptors (Lipinski definition) is 5. The number of ether oxygens (including phenoxy) is 1. The van der Waals surface area contributed by atoms with Crippen LogP contribution in [0.5, 0.6) is 0 Å². The Morgan fingerprint density at radius 2 is 1.90 bits per heavy atom. The third-order valence-corrected chi connectivity index (χ3v) is 5.19. The van der Waals surface area contributed by atoms with E-state index in [0.717, 1.165) is 32.1 Å². The first kappa shape index (κ1) is 16.4. The van der Waals surface area contributed by atoms with Crippen LogP contribution < -0.4 is 5.73 Å². The van der Waals surface area contributed by atoms with Crippen molar-refractivity contribution < 1.29 is 9.26 Å². The van der Waals surface area contributed by atoms with Gasteiger partial charge in [-0.15, -0.1) is 0 Å². The first-order valence-corrected chi connectivity index (χ1v) is 7.98. The molecule has 1 heterocycles. The molecule has 0 aliphatic heterocycles. The molecule has 0 radical (unpaired) electrons. The Hall–Kier alpha value is -0.940. The van der Waals surface area contributed by atoms with Gasteiger partial charge >= 0.3 is 0 Å². The van der Waals surface area contributed by atoms with Crippen molar-refractivity contribution in [3.63, 3.8) is 0 Å². The highest BCUT2D eigenvalue weighted by molar-refractivity contribution is 5.06. The summed E-state index contributed by atoms with van der Waals surface area (Å²) in [5.41, 5.74) is 6.14. The molecule has 1 saturated carbocycles. The van der Waals surface area contributed by atoms with Crippen LogP contribution in [0.15, 0.2) is 4.52 Å². The third kappa shape index (κ3) is 3.29. The van der Waals surface area contributed by atoms with Crippen molar-refractivity contribution in [3.8, 4) is 0 Å². The fourth-order valence-corrected chi connectivity index (χ4v) is 2.90. The molecule has 21 heavy (non-hydrogen) atoms. The zero-order chi connectivity index (χ0) is 15.7. The first-order valence-electron chi connectivity index (χ1n) is 7.98. The van der Waals surface area contributed by atoms with Crippen molar-refractivity contribution in [2.45, 2.75) is 71.4 Å². The lowest BCUT2D eigenvalue weighted by atomic mass is 9.70. The summed E-state index contributed by atoms with van der Waals surface area (Å²) in [6.45, 7) is 8.81. The maximum absolute atomic E-state index is 6.18. The van der Waals surface area contributed by atoms with E-state index >= 15 is 0 Å². The van der Waals surface area contributed by atoms with E-state index in [9.17, 15) is 0 Å². The molecule has 5 heteroatoms. The summed E-state index contributed by atoms with van der Waals surface area (Å²) in [6, 6.07) is -0.204. The first-order chi connectivity index (χ1) is 9.83. The molecule has 0 aromatic carbocycles. The summed E-state index contributed by atoms with van der Waals surface area (Å²) < 4.78 is 11.2. The van der Waals surface area contributed by atoms with Gasteiger partial charge in [-0.1, -0.05) is 39.3 Å². The summed E-state index contributed by atoms with van der Waals surface area (Å²) in [7, 11) is 1.74. The molecule has 2 atom stereocenters. The quantitative estimate of drug-likeness (QED) is 0.899. The van der Waals surface area contributed by atoms with Crippen LogP contribution in [-0.4, -0.2) is 17.3 Å². The van der Waals surface area contributed by atoms with Crippen molar-refractivity contribution in [1.82, 2.24) is 10.1 Å². The van der Waals surface area contributed by atoms with E-state index in [-0.39, 0.29) is 6.04 Å². The smallest absolute Gasteiger partial charge is 0.243 e. The Bertz CT molecular complexity index is 460. The molecular formula is C16H29N3O2. The summed E-state index contributed by atoms with van der Waals surface area (Å²) in [5, 5.41) is 4.18. The second-order valence-electron chi connectivity index (χ2n) is 7.23. The summed E-state index contributed by atoms with van der Waals surface area (Å²) >= 11 is 0. The van der Waals surface area contributed by atoms with Gasteiger partial charge in [0.2, 0.25) is 11.7 Å². The molecule has 1 aromatic rings. The Morgan fingerprint density at radius 3 is 2.43 bits per heavy atom. The molecule has 0 bridgehead atoms. The van der Waals surface area contributed by atoms with Gasteiger partial charge in [-0.25, -0.2) is 0 Å². The lowest BCUT2D eigenvalue weighted by Gasteiger charge is -2.40. The predicted molar refractivity (Wildman–Crippen MR) is 81.6 cm³/mol. The second-order valence-corrected chi connectivity index (χ2v) is 7.23. The highest BCUT2D eigenvalue weighted by Crippen LogP contribution is 2.46. The SMILES string of the molecule is CC[C@H](C)[C@H](N)c1nc(C2(OC)CCC(C)(C)CC2)no1. The maximum atomic E-state index is 6.18. The van der Waals surface area contributed by atoms with Crippen molar-refractivity contribution in [1.29, 1.82) is 0 Å². The number of nitrogens with two attached hydrogens (primary N) is 1. The molecule has 0 saturated heterocycles. The lowest BCUT2D eigenvalue weighted by Crippen LogP contribution is -2.37. The highest BCUT2D eigenvalue weighted by Gasteiger charge is 2.43. The van der Waals surface area contributed by atoms with Crippen LogP contribution in [0.1, 0.15) is 77.6 Å². The number of rotatable bonds is 5. The topological polar surface area (TPSA) is 74.2 Å². The van der Waals surface area contributed by atoms with E-state index in [1.807, 2.05) is 0 Å². The molecule has 120 valence electrons. The molecule has 1 aliphatic rings. The molecule has 1 fully saturated rings. The van der Waals surface area contributed by atoms with Gasteiger partial charge in [0.1, 0.15) is 5.60 Å². The molecular weight excluding hydrogens is 266 g/mol. The van der Waals surface area contributed by atoms with Crippen LogP contribution in [0.2, 0.25) is 0 Å². The van der Waals surface area contributed by atoms with Gasteiger partial charge < -0.3 is 15.0 Å². The summed E-state index contributed by atoms with van der Waals surface area (Å²) in [6.07, 6.45) is 5.04. The monoisotopic (exact) mass is 295 g/mol. The van der Waals surface area contributed by atoms with E-state index in [4.69, 9.17) is 15.0 Å². The fourth-order valence-electron chi connectivity index (χ4n) is 2.90. The summed E-state index contributed by atoms with van der Waals surface area (Å²) in [4.78, 5) is 4.57. The minimum absolute atomic E-state index is 0.204. The Kier molecular flexibility index (Phi) is 4.73. The van der Waals surface area contributed by atoms with Gasteiger partial charge in [-0.2, -0.15) is 4.98 Å². The fraction of sp³-hybridized carbons (Fsp3) is 0.875. The molecule has 2 rings (SSSR count). The Labute approximate surface area is 127 Å². The Morgan fingerprint density at radius 1 is 1.29 bits per heavy atom. The van der Waals surface area contributed by atoms with Gasteiger partial charge in [-0.05, 0) is 37.0 Å². The molecule has 0 unspecified atom stereocenters. The van der Waals surface area contributed by atoms with Crippen molar-refractivity contribution in [3.05, 3.63) is 11.7 Å². The lowest BCUT2D eigenvalue weighted by molar-refractivity contribution is -0.0740. The van der Waals surface area contributed by atoms with E-state index in [0.29, 0.717) is 23.0 Å². The van der Waals surface area contributed by atoms with Crippen LogP contribution >= 0.6 is 0 Å². The molecule has 0 amide bonds. The van der Waals surface area contributed by atoms with Crippen LogP contribution in [0.4, 0.5) is 0 Å². The van der Waals surface area contributed by atoms with Gasteiger partial charge in [0, 0.05) is 7.11 Å². The van der Waals surface area contributed by atoms with E-state index in [1.165, 1.54) is 0 Å². The number of aromatic nitrogens is 2. The molecule has 1 aromatic heterocycles. The number of nitrogens with zero attached hydrogens (tertiary/aromatic N) is 2. The zero-order valence-corrected chi connectivity index (χ0v) is 14.0. The zero-order valence-electron chi connectivity index (χ0n) is 14.0. The van der Waals surface area contributed by atoms with E-state index < -0.39 is 5.60 Å². The van der Waals surface area contributed by atoms with Crippen molar-refractivity contribution >= 4 is 0 Å². The minimum Gasteiger partial charge on any atom is -0.370 e. The van der Waals surface area contributed by atoms with Crippen LogP contribution in [-0.2, 0) is 10.3 Å². The van der Waals surface area contributed by atoms with Gasteiger partial charge in [0.05, 0.1) is 6.04 Å². The second kappa shape index (κ2) is 6.05. The van der Waals surface area contributed by atoms with Crippen LogP contribution in [0, 0.1) is 11.3 Å². The largest absolute Gasteiger partial charge is 0.370 e. The standard InChI is InChI=1S/C16H29N3O2/c1-6-11(2)12(17)13-18-14(19-21-13)16(20-5)9-7-15(3,4)8-10-16/h11-12H,6-10,17H2,1-5H3/t11-,12-/m0/s1. The van der Waals surface area contributed by atoms with E-state index in [2.05, 4.69) is 37.8 Å². The Balaban J connectivity index is 2.19. The van der Waals surface area contributed by atoms with Crippen LogP contribution in [0.3, 0.4) is 0 Å².